The van der Waals surface area contributed by atoms with E-state index in [1.165, 1.54) is 24.8 Å². The smallest absolute Gasteiger partial charge is 0.338 e. The molecule has 0 atom stereocenters. The lowest BCUT2D eigenvalue weighted by Crippen LogP contribution is -2.39. The minimum absolute atomic E-state index is 0.000913. The Morgan fingerprint density at radius 2 is 1.75 bits per heavy atom. The molecule has 0 saturated carbocycles. The molecule has 1 heterocycles. The molecule has 0 aliphatic carbocycles. The number of hydrogen-bond donors (Lipinski definition) is 0. The third-order valence-corrected chi connectivity index (χ3v) is 5.07. The zero-order valence-electron chi connectivity index (χ0n) is 15.7. The van der Waals surface area contributed by atoms with Gasteiger partial charge in [-0.15, -0.1) is 0 Å². The van der Waals surface area contributed by atoms with E-state index < -0.39 is 10.9 Å². The average molecular weight is 382 g/mol. The Kier molecular flexibility index (Phi) is 6.03. The summed E-state index contributed by atoms with van der Waals surface area (Å²) in [6, 6.07) is 13.9. The van der Waals surface area contributed by atoms with Crippen molar-refractivity contribution < 1.29 is 19.2 Å². The van der Waals surface area contributed by atoms with Gasteiger partial charge in [0.2, 0.25) is 0 Å². The van der Waals surface area contributed by atoms with Gasteiger partial charge >= 0.3 is 5.97 Å². The number of likely N-dealkylation sites (tertiary alicyclic amines) is 1. The summed E-state index contributed by atoms with van der Waals surface area (Å²) < 4.78 is 4.64. The van der Waals surface area contributed by atoms with E-state index in [-0.39, 0.29) is 22.7 Å². The molecule has 0 radical (unpaired) electrons. The molecule has 2 aromatic carbocycles. The quantitative estimate of drug-likeness (QED) is 0.449. The Bertz CT molecular complexity index is 874. The van der Waals surface area contributed by atoms with Gasteiger partial charge in [-0.05, 0) is 36.8 Å². The first kappa shape index (κ1) is 19.5. The molecule has 0 unspecified atom stereocenters. The van der Waals surface area contributed by atoms with Crippen molar-refractivity contribution in [3.05, 3.63) is 75.3 Å². The van der Waals surface area contributed by atoms with Crippen molar-refractivity contribution in [1.82, 2.24) is 4.90 Å². The molecular weight excluding hydrogens is 360 g/mol. The molecule has 1 saturated heterocycles. The number of hydrogen-bond acceptors (Lipinski definition) is 5. The van der Waals surface area contributed by atoms with Crippen LogP contribution in [0.15, 0.2) is 48.5 Å². The Hall–Kier alpha value is -3.22. The minimum Gasteiger partial charge on any atom is -0.465 e. The topological polar surface area (TPSA) is 89.8 Å². The lowest BCUT2D eigenvalue weighted by atomic mass is 9.90. The number of rotatable bonds is 5. The first-order chi connectivity index (χ1) is 13.5. The fourth-order valence-corrected chi connectivity index (χ4v) is 3.55. The zero-order valence-corrected chi connectivity index (χ0v) is 15.7. The Morgan fingerprint density at radius 1 is 1.11 bits per heavy atom. The molecule has 3 rings (SSSR count). The maximum atomic E-state index is 12.9. The van der Waals surface area contributed by atoms with Crippen LogP contribution in [0.4, 0.5) is 5.69 Å². The van der Waals surface area contributed by atoms with Crippen molar-refractivity contribution in [3.8, 4) is 0 Å². The average Bonchev–Trinajstić information content (AvgIpc) is 2.73. The van der Waals surface area contributed by atoms with Gasteiger partial charge < -0.3 is 9.64 Å². The third kappa shape index (κ3) is 4.54. The van der Waals surface area contributed by atoms with Crippen molar-refractivity contribution in [3.63, 3.8) is 0 Å². The van der Waals surface area contributed by atoms with E-state index in [2.05, 4.69) is 16.9 Å². The Morgan fingerprint density at radius 3 is 2.36 bits per heavy atom. The second-order valence-corrected chi connectivity index (χ2v) is 6.94. The highest BCUT2D eigenvalue weighted by atomic mass is 16.6. The van der Waals surface area contributed by atoms with Gasteiger partial charge in [-0.2, -0.15) is 0 Å². The number of carbonyl (C=O) groups excluding carboxylic acids is 2. The molecule has 2 aromatic rings. The minimum atomic E-state index is -0.709. The van der Waals surface area contributed by atoms with Gasteiger partial charge in [0, 0.05) is 30.8 Å². The van der Waals surface area contributed by atoms with E-state index in [0.717, 1.165) is 25.3 Å². The first-order valence-electron chi connectivity index (χ1n) is 9.19. The molecule has 0 spiro atoms. The van der Waals surface area contributed by atoms with Crippen LogP contribution in [0.2, 0.25) is 0 Å². The van der Waals surface area contributed by atoms with Gasteiger partial charge in [0.05, 0.1) is 17.6 Å². The van der Waals surface area contributed by atoms with Crippen LogP contribution in [0.1, 0.15) is 39.1 Å². The molecular formula is C21H22N2O5. The van der Waals surface area contributed by atoms with Crippen LogP contribution in [-0.4, -0.2) is 41.9 Å². The third-order valence-electron chi connectivity index (χ3n) is 5.07. The van der Waals surface area contributed by atoms with E-state index in [1.807, 2.05) is 18.2 Å². The van der Waals surface area contributed by atoms with Crippen molar-refractivity contribution in [2.75, 3.05) is 20.2 Å². The largest absolute Gasteiger partial charge is 0.465 e. The van der Waals surface area contributed by atoms with Crippen molar-refractivity contribution in [1.29, 1.82) is 0 Å². The number of nitrogens with zero attached hydrogens (tertiary/aromatic N) is 2. The molecule has 7 nitrogen and oxygen atoms in total. The molecule has 1 amide bonds. The summed E-state index contributed by atoms with van der Waals surface area (Å²) in [6.45, 7) is 1.18. The van der Waals surface area contributed by atoms with Crippen molar-refractivity contribution in [2.24, 2.45) is 5.92 Å². The molecule has 28 heavy (non-hydrogen) atoms. The molecule has 1 fully saturated rings. The summed E-state index contributed by atoms with van der Waals surface area (Å²) in [6.07, 6.45) is 2.73. The van der Waals surface area contributed by atoms with E-state index >= 15 is 0 Å². The number of benzene rings is 2. The standard InChI is InChI=1S/C21H22N2O5/c1-28-21(25)18-12-17(13-19(14-18)23(26)27)20(24)22-9-7-16(8-10-22)11-15-5-3-2-4-6-15/h2-6,12-14,16H,7-11H2,1H3. The zero-order chi connectivity index (χ0) is 20.1. The number of esters is 1. The van der Waals surface area contributed by atoms with Gasteiger partial charge in [-0.25, -0.2) is 4.79 Å². The van der Waals surface area contributed by atoms with E-state index in [4.69, 9.17) is 0 Å². The van der Waals surface area contributed by atoms with Crippen molar-refractivity contribution in [2.45, 2.75) is 19.3 Å². The molecule has 1 aliphatic heterocycles. The van der Waals surface area contributed by atoms with E-state index in [1.54, 1.807) is 4.90 Å². The number of methoxy groups -OCH3 is 1. The Balaban J connectivity index is 1.70. The first-order valence-corrected chi connectivity index (χ1v) is 9.19. The molecule has 0 bridgehead atoms. The van der Waals surface area contributed by atoms with Gasteiger partial charge in [-0.3, -0.25) is 14.9 Å². The second kappa shape index (κ2) is 8.65. The summed E-state index contributed by atoms with van der Waals surface area (Å²) in [7, 11) is 1.19. The van der Waals surface area contributed by atoms with Crippen LogP contribution in [0.5, 0.6) is 0 Å². The van der Waals surface area contributed by atoms with Crippen LogP contribution < -0.4 is 0 Å². The maximum Gasteiger partial charge on any atom is 0.338 e. The molecule has 1 aliphatic rings. The van der Waals surface area contributed by atoms with Crippen LogP contribution in [0.3, 0.4) is 0 Å². The number of carbonyl (C=O) groups is 2. The molecule has 0 aromatic heterocycles. The molecule has 146 valence electrons. The summed E-state index contributed by atoms with van der Waals surface area (Å²) in [5, 5.41) is 11.2. The van der Waals surface area contributed by atoms with Crippen LogP contribution in [-0.2, 0) is 11.2 Å². The second-order valence-electron chi connectivity index (χ2n) is 6.94. The predicted molar refractivity (Wildman–Crippen MR) is 103 cm³/mol. The summed E-state index contributed by atoms with van der Waals surface area (Å²) >= 11 is 0. The van der Waals surface area contributed by atoms with E-state index in [0.29, 0.717) is 19.0 Å². The summed E-state index contributed by atoms with van der Waals surface area (Å²) in [5.41, 5.74) is 1.12. The SMILES string of the molecule is COC(=O)c1cc(C(=O)N2CCC(Cc3ccccc3)CC2)cc([N+](=O)[O-])c1. The van der Waals surface area contributed by atoms with Gasteiger partial charge in [0.15, 0.2) is 0 Å². The monoisotopic (exact) mass is 382 g/mol. The predicted octanol–water partition coefficient (Wildman–Crippen LogP) is 3.48. The number of amides is 1. The van der Waals surface area contributed by atoms with E-state index in [9.17, 15) is 19.7 Å². The lowest BCUT2D eigenvalue weighted by Gasteiger charge is -2.32. The number of non-ortho nitro benzene ring substituents is 1. The van der Waals surface area contributed by atoms with Gasteiger partial charge in [0.1, 0.15) is 0 Å². The maximum absolute atomic E-state index is 12.9. The van der Waals surface area contributed by atoms with Crippen LogP contribution in [0.25, 0.3) is 0 Å². The lowest BCUT2D eigenvalue weighted by molar-refractivity contribution is -0.384. The highest BCUT2D eigenvalue weighted by Gasteiger charge is 2.26. The summed E-state index contributed by atoms with van der Waals surface area (Å²) in [4.78, 5) is 36.9. The van der Waals surface area contributed by atoms with Crippen molar-refractivity contribution >= 4 is 17.6 Å². The number of piperidine rings is 1. The Labute approximate surface area is 163 Å². The van der Waals surface area contributed by atoms with Gasteiger partial charge in [0.25, 0.3) is 11.6 Å². The highest BCUT2D eigenvalue weighted by Crippen LogP contribution is 2.25. The number of ether oxygens (including phenoxy) is 1. The summed E-state index contributed by atoms with van der Waals surface area (Å²) in [5.74, 6) is -0.506. The fourth-order valence-electron chi connectivity index (χ4n) is 3.55. The van der Waals surface area contributed by atoms with Crippen LogP contribution in [0, 0.1) is 16.0 Å². The molecule has 7 heteroatoms. The number of nitro groups is 1. The fraction of sp³-hybridized carbons (Fsp3) is 0.333. The van der Waals surface area contributed by atoms with Gasteiger partial charge in [-0.1, -0.05) is 30.3 Å². The molecule has 0 N–H and O–H groups in total. The number of nitro benzene ring substituents is 1. The highest BCUT2D eigenvalue weighted by molar-refractivity contribution is 5.99. The van der Waals surface area contributed by atoms with Crippen LogP contribution >= 0.6 is 0 Å². The normalized spacial score (nSPS) is 14.5.